The number of urea groups is 1. The van der Waals surface area contributed by atoms with Crippen LogP contribution in [-0.2, 0) is 11.2 Å². The Balaban J connectivity index is 1.36. The van der Waals surface area contributed by atoms with Gasteiger partial charge in [0.2, 0.25) is 0 Å². The van der Waals surface area contributed by atoms with Crippen molar-refractivity contribution >= 4 is 12.0 Å². The molecule has 0 radical (unpaired) electrons. The number of hydrogen-bond donors (Lipinski definition) is 3. The van der Waals surface area contributed by atoms with Crippen molar-refractivity contribution in [2.45, 2.75) is 56.5 Å². The molecule has 2 atom stereocenters. The highest BCUT2D eigenvalue weighted by Crippen LogP contribution is 2.55. The van der Waals surface area contributed by atoms with Crippen LogP contribution in [0.1, 0.15) is 55.7 Å². The highest BCUT2D eigenvalue weighted by Gasteiger charge is 2.51. The van der Waals surface area contributed by atoms with Gasteiger partial charge >= 0.3 is 12.0 Å². The number of carboxylic acids is 1. The van der Waals surface area contributed by atoms with E-state index in [2.05, 4.69) is 20.6 Å². The van der Waals surface area contributed by atoms with Crippen molar-refractivity contribution in [3.63, 3.8) is 0 Å². The first kappa shape index (κ1) is 20.9. The number of aromatic nitrogens is 2. The topological polar surface area (TPSA) is 104 Å². The van der Waals surface area contributed by atoms with Crippen molar-refractivity contribution in [3.05, 3.63) is 60.2 Å². The summed E-state index contributed by atoms with van der Waals surface area (Å²) in [5, 5.41) is 16.4. The lowest BCUT2D eigenvalue weighted by atomic mass is 9.53. The largest absolute Gasteiger partial charge is 0.481 e. The molecule has 3 N–H and O–H groups in total. The molecule has 4 aliphatic rings. The Morgan fingerprint density at radius 1 is 0.938 bits per heavy atom. The summed E-state index contributed by atoms with van der Waals surface area (Å²) in [5.74, 6) is 0.392. The SMILES string of the molecule is O=C(NC(c1ccncc1)C(Cc1ccncc1)C(=O)O)NC12CC3CC(CC(C3)C1)C2. The van der Waals surface area contributed by atoms with E-state index in [9.17, 15) is 14.7 Å². The molecule has 0 saturated heterocycles. The zero-order valence-corrected chi connectivity index (χ0v) is 18.1. The Morgan fingerprint density at radius 2 is 1.47 bits per heavy atom. The van der Waals surface area contributed by atoms with Gasteiger partial charge in [0, 0.05) is 30.3 Å². The van der Waals surface area contributed by atoms with E-state index in [1.807, 2.05) is 12.1 Å². The number of carbonyl (C=O) groups is 2. The minimum absolute atomic E-state index is 0.133. The molecule has 2 amide bonds. The predicted molar refractivity (Wildman–Crippen MR) is 119 cm³/mol. The number of carbonyl (C=O) groups excluding carboxylic acids is 1. The fraction of sp³-hybridized carbons (Fsp3) is 0.520. The fourth-order valence-electron chi connectivity index (χ4n) is 6.79. The van der Waals surface area contributed by atoms with Crippen molar-refractivity contribution < 1.29 is 14.7 Å². The first-order chi connectivity index (χ1) is 15.5. The second kappa shape index (κ2) is 8.52. The van der Waals surface area contributed by atoms with Gasteiger partial charge in [0.25, 0.3) is 0 Å². The number of carboxylic acid groups (broad SMARTS) is 1. The van der Waals surface area contributed by atoms with E-state index in [0.717, 1.165) is 48.1 Å². The Hall–Kier alpha value is -2.96. The van der Waals surface area contributed by atoms with Gasteiger partial charge in [-0.2, -0.15) is 0 Å². The molecule has 4 saturated carbocycles. The molecule has 0 aromatic carbocycles. The van der Waals surface area contributed by atoms with Crippen LogP contribution < -0.4 is 10.6 Å². The van der Waals surface area contributed by atoms with E-state index in [4.69, 9.17) is 0 Å². The Labute approximate surface area is 188 Å². The molecule has 0 aliphatic heterocycles. The monoisotopic (exact) mass is 434 g/mol. The van der Waals surface area contributed by atoms with Gasteiger partial charge in [-0.25, -0.2) is 4.79 Å². The summed E-state index contributed by atoms with van der Waals surface area (Å²) in [5.41, 5.74) is 1.47. The summed E-state index contributed by atoms with van der Waals surface area (Å²) in [4.78, 5) is 33.6. The second-order valence-corrected chi connectivity index (χ2v) is 10.1. The lowest BCUT2D eigenvalue weighted by molar-refractivity contribution is -0.142. The van der Waals surface area contributed by atoms with E-state index in [-0.39, 0.29) is 11.6 Å². The van der Waals surface area contributed by atoms with Crippen LogP contribution in [0.15, 0.2) is 49.1 Å². The molecule has 2 heterocycles. The van der Waals surface area contributed by atoms with Gasteiger partial charge in [0.05, 0.1) is 12.0 Å². The lowest BCUT2D eigenvalue weighted by Gasteiger charge is -2.56. The Kier molecular flexibility index (Phi) is 5.57. The molecule has 4 fully saturated rings. The average molecular weight is 435 g/mol. The maximum absolute atomic E-state index is 13.3. The average Bonchev–Trinajstić information content (AvgIpc) is 2.76. The standard InChI is InChI=1S/C25H30N4O3/c30-23(31)21(12-16-1-5-26-6-2-16)22(20-3-7-27-8-4-20)28-24(32)29-25-13-17-9-18(14-25)11-19(10-17)15-25/h1-8,17-19,21-22H,9-15H2,(H,30,31)(H2,28,29,32). The zero-order valence-electron chi connectivity index (χ0n) is 18.1. The molecule has 2 aromatic heterocycles. The molecule has 168 valence electrons. The maximum Gasteiger partial charge on any atom is 0.315 e. The van der Waals surface area contributed by atoms with Gasteiger partial charge in [-0.15, -0.1) is 0 Å². The summed E-state index contributed by atoms with van der Waals surface area (Å²) in [6, 6.07) is 6.24. The third-order valence-electron chi connectivity index (χ3n) is 7.69. The van der Waals surface area contributed by atoms with E-state index >= 15 is 0 Å². The summed E-state index contributed by atoms with van der Waals surface area (Å²) in [6.45, 7) is 0. The van der Waals surface area contributed by atoms with Gasteiger partial charge in [0.15, 0.2) is 0 Å². The molecule has 6 rings (SSSR count). The molecule has 7 nitrogen and oxygen atoms in total. The quantitative estimate of drug-likeness (QED) is 0.616. The van der Waals surface area contributed by atoms with Crippen LogP contribution in [0, 0.1) is 23.7 Å². The van der Waals surface area contributed by atoms with Crippen LogP contribution in [0.2, 0.25) is 0 Å². The number of nitrogens with zero attached hydrogens (tertiary/aromatic N) is 2. The van der Waals surface area contributed by atoms with Crippen LogP contribution >= 0.6 is 0 Å². The van der Waals surface area contributed by atoms with Crippen LogP contribution in [0.25, 0.3) is 0 Å². The van der Waals surface area contributed by atoms with Crippen LogP contribution in [-0.4, -0.2) is 32.6 Å². The first-order valence-corrected chi connectivity index (χ1v) is 11.6. The van der Waals surface area contributed by atoms with Crippen molar-refractivity contribution in [2.75, 3.05) is 0 Å². The number of hydrogen-bond acceptors (Lipinski definition) is 4. The number of aliphatic carboxylic acids is 1. The second-order valence-electron chi connectivity index (χ2n) is 10.1. The maximum atomic E-state index is 13.3. The predicted octanol–water partition coefficient (Wildman–Crippen LogP) is 3.73. The van der Waals surface area contributed by atoms with Crippen molar-refractivity contribution in [3.8, 4) is 0 Å². The minimum Gasteiger partial charge on any atom is -0.481 e. The highest BCUT2D eigenvalue weighted by molar-refractivity contribution is 5.78. The highest BCUT2D eigenvalue weighted by atomic mass is 16.4. The first-order valence-electron chi connectivity index (χ1n) is 11.6. The fourth-order valence-corrected chi connectivity index (χ4v) is 6.79. The summed E-state index contributed by atoms with van der Waals surface area (Å²) in [6.07, 6.45) is 13.9. The summed E-state index contributed by atoms with van der Waals surface area (Å²) in [7, 11) is 0. The van der Waals surface area contributed by atoms with Gasteiger partial charge < -0.3 is 15.7 Å². The van der Waals surface area contributed by atoms with Crippen molar-refractivity contribution in [1.82, 2.24) is 20.6 Å². The van der Waals surface area contributed by atoms with Gasteiger partial charge in [-0.05, 0) is 98.1 Å². The van der Waals surface area contributed by atoms with Gasteiger partial charge in [-0.3, -0.25) is 14.8 Å². The zero-order chi connectivity index (χ0) is 22.1. The smallest absolute Gasteiger partial charge is 0.315 e. The Bertz CT molecular complexity index is 930. The lowest BCUT2D eigenvalue weighted by Crippen LogP contribution is -2.61. The molecule has 4 bridgehead atoms. The van der Waals surface area contributed by atoms with Crippen LogP contribution in [0.5, 0.6) is 0 Å². The number of nitrogens with one attached hydrogen (secondary N) is 2. The van der Waals surface area contributed by atoms with Crippen LogP contribution in [0.3, 0.4) is 0 Å². The minimum atomic E-state index is -0.946. The normalized spacial score (nSPS) is 29.8. The van der Waals surface area contributed by atoms with Gasteiger partial charge in [0.1, 0.15) is 0 Å². The molecule has 2 unspecified atom stereocenters. The van der Waals surface area contributed by atoms with Gasteiger partial charge in [-0.1, -0.05) is 0 Å². The number of pyridine rings is 2. The molecular formula is C25H30N4O3. The molecule has 32 heavy (non-hydrogen) atoms. The third-order valence-corrected chi connectivity index (χ3v) is 7.69. The van der Waals surface area contributed by atoms with E-state index in [1.54, 1.807) is 36.9 Å². The van der Waals surface area contributed by atoms with Crippen molar-refractivity contribution in [1.29, 1.82) is 0 Å². The summed E-state index contributed by atoms with van der Waals surface area (Å²) >= 11 is 0. The molecule has 7 heteroatoms. The van der Waals surface area contributed by atoms with E-state index in [1.165, 1.54) is 19.3 Å². The summed E-state index contributed by atoms with van der Waals surface area (Å²) < 4.78 is 0. The molecule has 0 spiro atoms. The number of rotatable bonds is 7. The Morgan fingerprint density at radius 3 is 2.00 bits per heavy atom. The third kappa shape index (κ3) is 4.33. The molecule has 4 aliphatic carbocycles. The van der Waals surface area contributed by atoms with E-state index in [0.29, 0.717) is 6.42 Å². The molecular weight excluding hydrogens is 404 g/mol. The van der Waals surface area contributed by atoms with Crippen LogP contribution in [0.4, 0.5) is 4.79 Å². The van der Waals surface area contributed by atoms with Crippen molar-refractivity contribution in [2.24, 2.45) is 23.7 Å². The van der Waals surface area contributed by atoms with E-state index < -0.39 is 17.9 Å². The molecule has 2 aromatic rings. The number of amides is 2.